The summed E-state index contributed by atoms with van der Waals surface area (Å²) in [5.74, 6) is -1.20. The highest BCUT2D eigenvalue weighted by molar-refractivity contribution is 5.83. The monoisotopic (exact) mass is 509 g/mol. The van der Waals surface area contributed by atoms with Gasteiger partial charge in [0.1, 0.15) is 23.3 Å². The van der Waals surface area contributed by atoms with Gasteiger partial charge in [0.05, 0.1) is 31.8 Å². The van der Waals surface area contributed by atoms with Gasteiger partial charge in [0, 0.05) is 30.1 Å². The zero-order valence-electron chi connectivity index (χ0n) is 21.2. The van der Waals surface area contributed by atoms with Crippen molar-refractivity contribution in [1.82, 2.24) is 14.5 Å². The van der Waals surface area contributed by atoms with Crippen LogP contribution in [-0.4, -0.2) is 52.4 Å². The number of carboxylic acid groups (broad SMARTS) is 1. The molecule has 1 atom stereocenters. The number of nitrogens with zero attached hydrogens (tertiary/aromatic N) is 3. The molecule has 1 aliphatic carbocycles. The number of aromatic nitrogens is 2. The molecule has 0 bridgehead atoms. The van der Waals surface area contributed by atoms with Crippen LogP contribution in [0.4, 0.5) is 9.18 Å². The number of carboxylic acids is 1. The van der Waals surface area contributed by atoms with Gasteiger partial charge in [-0.05, 0) is 49.1 Å². The maximum atomic E-state index is 14.2. The molecule has 0 saturated heterocycles. The van der Waals surface area contributed by atoms with Gasteiger partial charge in [0.2, 0.25) is 0 Å². The fourth-order valence-electron chi connectivity index (χ4n) is 5.86. The average molecular weight is 510 g/mol. The molecule has 1 aromatic heterocycles. The molecule has 37 heavy (non-hydrogen) atoms. The van der Waals surface area contributed by atoms with E-state index >= 15 is 0 Å². The average Bonchev–Trinajstić information content (AvgIpc) is 3.30. The van der Waals surface area contributed by atoms with E-state index in [4.69, 9.17) is 14.5 Å². The Morgan fingerprint density at radius 3 is 2.65 bits per heavy atom. The van der Waals surface area contributed by atoms with Crippen molar-refractivity contribution in [2.45, 2.75) is 63.5 Å². The highest BCUT2D eigenvalue weighted by Gasteiger charge is 2.31. The van der Waals surface area contributed by atoms with Crippen LogP contribution in [0.2, 0.25) is 0 Å². The minimum absolute atomic E-state index is 0.0942. The van der Waals surface area contributed by atoms with Crippen LogP contribution in [0.15, 0.2) is 30.3 Å². The first kappa shape index (κ1) is 25.0. The molecule has 5 rings (SSSR count). The molecule has 1 N–H and O–H groups in total. The van der Waals surface area contributed by atoms with E-state index in [0.29, 0.717) is 30.8 Å². The zero-order chi connectivity index (χ0) is 26.1. The molecule has 2 aromatic carbocycles. The molecule has 2 aliphatic rings. The van der Waals surface area contributed by atoms with E-state index in [1.165, 1.54) is 38.8 Å². The van der Waals surface area contributed by atoms with Crippen LogP contribution >= 0.6 is 0 Å². The molecule has 196 valence electrons. The number of carbonyl (C=O) groups is 2. The Morgan fingerprint density at radius 1 is 1.16 bits per heavy atom. The van der Waals surface area contributed by atoms with Crippen molar-refractivity contribution < 1.29 is 28.6 Å². The maximum Gasteiger partial charge on any atom is 0.409 e. The molecule has 0 radical (unpaired) electrons. The second kappa shape index (κ2) is 10.4. The number of halogens is 1. The number of fused-ring (bicyclic) bond motifs is 3. The van der Waals surface area contributed by atoms with Crippen molar-refractivity contribution >= 4 is 23.1 Å². The number of methoxy groups -OCH3 is 2. The Bertz CT molecular complexity index is 1330. The van der Waals surface area contributed by atoms with Gasteiger partial charge in [-0.25, -0.2) is 14.2 Å². The molecule has 0 spiro atoms. The Morgan fingerprint density at radius 2 is 1.95 bits per heavy atom. The lowest BCUT2D eigenvalue weighted by atomic mass is 9.88. The van der Waals surface area contributed by atoms with Gasteiger partial charge in [-0.15, -0.1) is 0 Å². The third-order valence-corrected chi connectivity index (χ3v) is 7.79. The number of aliphatic carboxylic acids is 1. The number of carbonyl (C=O) groups excluding carboxylic acids is 1. The van der Waals surface area contributed by atoms with Crippen LogP contribution in [-0.2, 0) is 29.0 Å². The van der Waals surface area contributed by atoms with Crippen LogP contribution in [0.5, 0.6) is 5.75 Å². The summed E-state index contributed by atoms with van der Waals surface area (Å²) in [6.45, 7) is 1.05. The summed E-state index contributed by atoms with van der Waals surface area (Å²) in [7, 11) is 2.83. The van der Waals surface area contributed by atoms with Crippen molar-refractivity contribution in [3.05, 3.63) is 58.7 Å². The van der Waals surface area contributed by atoms with E-state index in [-0.39, 0.29) is 18.6 Å². The Hall–Kier alpha value is -3.62. The largest absolute Gasteiger partial charge is 0.496 e. The van der Waals surface area contributed by atoms with E-state index in [9.17, 15) is 19.1 Å². The minimum Gasteiger partial charge on any atom is -0.496 e. The second-order valence-corrected chi connectivity index (χ2v) is 9.91. The van der Waals surface area contributed by atoms with Crippen molar-refractivity contribution in [3.8, 4) is 5.75 Å². The van der Waals surface area contributed by atoms with Crippen LogP contribution in [0.3, 0.4) is 0 Å². The predicted octanol–water partition coefficient (Wildman–Crippen LogP) is 5.22. The van der Waals surface area contributed by atoms with Crippen LogP contribution in [0, 0.1) is 5.82 Å². The van der Waals surface area contributed by atoms with E-state index < -0.39 is 17.7 Å². The second-order valence-electron chi connectivity index (χ2n) is 9.91. The molecule has 9 heteroatoms. The molecule has 1 amide bonds. The summed E-state index contributed by atoms with van der Waals surface area (Å²) in [6.07, 6.45) is 5.67. The van der Waals surface area contributed by atoms with Gasteiger partial charge in [-0.3, -0.25) is 4.79 Å². The molecule has 3 aromatic rings. The van der Waals surface area contributed by atoms with E-state index in [1.54, 1.807) is 4.90 Å². The smallest absolute Gasteiger partial charge is 0.409 e. The molecule has 1 saturated carbocycles. The van der Waals surface area contributed by atoms with Crippen LogP contribution in [0.25, 0.3) is 11.0 Å². The summed E-state index contributed by atoms with van der Waals surface area (Å²) < 4.78 is 26.6. The molecule has 1 fully saturated rings. The number of rotatable bonds is 6. The molecular weight excluding hydrogens is 477 g/mol. The first-order valence-corrected chi connectivity index (χ1v) is 12.8. The summed E-state index contributed by atoms with van der Waals surface area (Å²) in [6, 6.07) is 8.02. The van der Waals surface area contributed by atoms with Gasteiger partial charge >= 0.3 is 12.1 Å². The van der Waals surface area contributed by atoms with E-state index in [2.05, 4.69) is 0 Å². The Balaban J connectivity index is 1.64. The Kier molecular flexibility index (Phi) is 7.04. The van der Waals surface area contributed by atoms with Gasteiger partial charge in [-0.1, -0.05) is 25.3 Å². The lowest BCUT2D eigenvalue weighted by Crippen LogP contribution is -2.35. The number of amides is 1. The minimum atomic E-state index is -1.06. The van der Waals surface area contributed by atoms with Crippen LogP contribution in [0.1, 0.15) is 66.5 Å². The summed E-state index contributed by atoms with van der Waals surface area (Å²) in [5, 5.41) is 10.3. The molecule has 8 nitrogen and oxygen atoms in total. The van der Waals surface area contributed by atoms with Crippen LogP contribution < -0.4 is 4.74 Å². The first-order chi connectivity index (χ1) is 17.9. The Labute approximate surface area is 215 Å². The SMILES string of the molecule is COC(=O)N1CCc2ccc3c(nc(C4CCCCC4)n3C[C@H](C(=O)O)c3cc(F)ccc3OC)c2C1. The highest BCUT2D eigenvalue weighted by Crippen LogP contribution is 2.38. The van der Waals surface area contributed by atoms with Gasteiger partial charge in [-0.2, -0.15) is 0 Å². The summed E-state index contributed by atoms with van der Waals surface area (Å²) in [5.41, 5.74) is 4.02. The van der Waals surface area contributed by atoms with Crippen molar-refractivity contribution in [2.24, 2.45) is 0 Å². The fraction of sp³-hybridized carbons (Fsp3) is 0.464. The van der Waals surface area contributed by atoms with E-state index in [1.807, 2.05) is 16.7 Å². The molecule has 0 unspecified atom stereocenters. The summed E-state index contributed by atoms with van der Waals surface area (Å²) >= 11 is 0. The van der Waals surface area contributed by atoms with E-state index in [0.717, 1.165) is 53.7 Å². The van der Waals surface area contributed by atoms with Crippen molar-refractivity contribution in [1.29, 1.82) is 0 Å². The van der Waals surface area contributed by atoms with Gasteiger partial charge in [0.15, 0.2) is 0 Å². The number of hydrogen-bond acceptors (Lipinski definition) is 5. The van der Waals surface area contributed by atoms with Crippen molar-refractivity contribution in [2.75, 3.05) is 20.8 Å². The molecule has 2 heterocycles. The lowest BCUT2D eigenvalue weighted by Gasteiger charge is -2.27. The fourth-order valence-corrected chi connectivity index (χ4v) is 5.86. The standard InChI is InChI=1S/C28H32FN3O5/c1-36-24-11-9-19(29)14-20(24)22(27(33)34)16-32-23-10-8-17-12-13-31(28(35)37-2)15-21(17)25(23)30-26(32)18-6-4-3-5-7-18/h8-11,14,18,22H,3-7,12-13,15-16H2,1-2H3,(H,33,34)/t22-/m0/s1. The van der Waals surface area contributed by atoms with Crippen molar-refractivity contribution in [3.63, 3.8) is 0 Å². The topological polar surface area (TPSA) is 93.9 Å². The number of hydrogen-bond donors (Lipinski definition) is 1. The quantitative estimate of drug-likeness (QED) is 0.489. The van der Waals surface area contributed by atoms with Gasteiger partial charge < -0.3 is 24.0 Å². The molecule has 1 aliphatic heterocycles. The maximum absolute atomic E-state index is 14.2. The predicted molar refractivity (Wildman–Crippen MR) is 135 cm³/mol. The molecular formula is C28H32FN3O5. The summed E-state index contributed by atoms with van der Waals surface area (Å²) in [4.78, 5) is 31.6. The third-order valence-electron chi connectivity index (χ3n) is 7.79. The third kappa shape index (κ3) is 4.74. The number of ether oxygens (including phenoxy) is 2. The zero-order valence-corrected chi connectivity index (χ0v) is 21.2. The highest BCUT2D eigenvalue weighted by atomic mass is 19.1. The number of imidazole rings is 1. The normalized spacial score (nSPS) is 16.9. The lowest BCUT2D eigenvalue weighted by molar-refractivity contribution is -0.139. The first-order valence-electron chi connectivity index (χ1n) is 12.8. The van der Waals surface area contributed by atoms with Gasteiger partial charge in [0.25, 0.3) is 0 Å². The number of benzene rings is 2.